The van der Waals surface area contributed by atoms with E-state index in [-0.39, 0.29) is 0 Å². The van der Waals surface area contributed by atoms with Gasteiger partial charge in [-0.2, -0.15) is 0 Å². The Morgan fingerprint density at radius 3 is 1.78 bits per heavy atom. The molecule has 1 aromatic heterocycles. The lowest BCUT2D eigenvalue weighted by Crippen LogP contribution is -2.36. The summed E-state index contributed by atoms with van der Waals surface area (Å²) in [4.78, 5) is 2.48. The molecular formula is C55H33NOS. The van der Waals surface area contributed by atoms with Crippen LogP contribution in [0.1, 0.15) is 22.3 Å². The molecule has 1 aliphatic carbocycles. The van der Waals surface area contributed by atoms with E-state index in [4.69, 9.17) is 4.74 Å². The Morgan fingerprint density at radius 2 is 0.983 bits per heavy atom. The molecule has 0 bridgehead atoms. The van der Waals surface area contributed by atoms with Crippen molar-refractivity contribution in [3.05, 3.63) is 222 Å². The van der Waals surface area contributed by atoms with Gasteiger partial charge in [0.25, 0.3) is 0 Å². The molecule has 11 aromatic rings. The minimum atomic E-state index is -0.583. The molecule has 1 spiro atoms. The van der Waals surface area contributed by atoms with Crippen LogP contribution in [0.15, 0.2) is 200 Å². The number of ether oxygens (including phenoxy) is 1. The quantitative estimate of drug-likeness (QED) is 0.178. The molecule has 0 saturated heterocycles. The number of hydrogen-bond donors (Lipinski definition) is 0. The highest BCUT2D eigenvalue weighted by molar-refractivity contribution is 7.26. The molecule has 270 valence electrons. The zero-order valence-electron chi connectivity index (χ0n) is 31.3. The van der Waals surface area contributed by atoms with Crippen molar-refractivity contribution in [3.63, 3.8) is 0 Å². The summed E-state index contributed by atoms with van der Waals surface area (Å²) in [7, 11) is 0. The van der Waals surface area contributed by atoms with Gasteiger partial charge in [-0.15, -0.1) is 11.3 Å². The Kier molecular flexibility index (Phi) is 6.56. The molecule has 2 nitrogen and oxygen atoms in total. The van der Waals surface area contributed by atoms with E-state index >= 15 is 0 Å². The first-order chi connectivity index (χ1) is 28.7. The maximum Gasteiger partial charge on any atom is 0.132 e. The van der Waals surface area contributed by atoms with Crippen molar-refractivity contribution in [2.75, 3.05) is 4.90 Å². The van der Waals surface area contributed by atoms with E-state index in [9.17, 15) is 0 Å². The van der Waals surface area contributed by atoms with Gasteiger partial charge in [-0.05, 0) is 104 Å². The Hall–Kier alpha value is -7.20. The van der Waals surface area contributed by atoms with Crippen molar-refractivity contribution in [2.45, 2.75) is 5.41 Å². The molecule has 10 aromatic carbocycles. The molecule has 0 amide bonds. The van der Waals surface area contributed by atoms with Crippen LogP contribution >= 0.6 is 11.3 Å². The van der Waals surface area contributed by atoms with E-state index in [2.05, 4.69) is 205 Å². The zero-order chi connectivity index (χ0) is 38.0. The molecule has 1 aliphatic heterocycles. The van der Waals surface area contributed by atoms with Gasteiger partial charge in [0.2, 0.25) is 0 Å². The highest BCUT2D eigenvalue weighted by Gasteiger charge is 2.49. The largest absolute Gasteiger partial charge is 0.457 e. The van der Waals surface area contributed by atoms with Crippen molar-refractivity contribution in [3.8, 4) is 22.6 Å². The predicted molar refractivity (Wildman–Crippen MR) is 244 cm³/mol. The van der Waals surface area contributed by atoms with Gasteiger partial charge >= 0.3 is 0 Å². The number of benzene rings is 10. The van der Waals surface area contributed by atoms with Crippen molar-refractivity contribution < 1.29 is 4.74 Å². The van der Waals surface area contributed by atoms with Gasteiger partial charge in [0.05, 0.1) is 11.1 Å². The maximum absolute atomic E-state index is 6.69. The molecule has 0 saturated carbocycles. The Balaban J connectivity index is 1.11. The minimum absolute atomic E-state index is 0.583. The zero-order valence-corrected chi connectivity index (χ0v) is 32.1. The van der Waals surface area contributed by atoms with Crippen LogP contribution in [0.5, 0.6) is 11.5 Å². The van der Waals surface area contributed by atoms with E-state index < -0.39 is 5.41 Å². The first-order valence-corrected chi connectivity index (χ1v) is 20.7. The fourth-order valence-electron chi connectivity index (χ4n) is 10.2. The molecule has 2 heterocycles. The number of thiophene rings is 1. The van der Waals surface area contributed by atoms with Crippen LogP contribution in [-0.4, -0.2) is 0 Å². The first kappa shape index (κ1) is 31.9. The van der Waals surface area contributed by atoms with Gasteiger partial charge in [0.1, 0.15) is 11.5 Å². The summed E-state index contributed by atoms with van der Waals surface area (Å²) in [6.45, 7) is 0. The highest BCUT2D eigenvalue weighted by atomic mass is 32.1. The van der Waals surface area contributed by atoms with Gasteiger partial charge in [-0.1, -0.05) is 146 Å². The molecular weight excluding hydrogens is 723 g/mol. The van der Waals surface area contributed by atoms with Crippen LogP contribution in [0.2, 0.25) is 0 Å². The van der Waals surface area contributed by atoms with Crippen LogP contribution in [0.3, 0.4) is 0 Å². The van der Waals surface area contributed by atoms with Crippen LogP contribution in [0.25, 0.3) is 63.6 Å². The van der Waals surface area contributed by atoms with Gasteiger partial charge in [-0.3, -0.25) is 0 Å². The summed E-state index contributed by atoms with van der Waals surface area (Å²) in [6.07, 6.45) is 0. The maximum atomic E-state index is 6.69. The molecule has 2 aliphatic rings. The van der Waals surface area contributed by atoms with E-state index in [1.165, 1.54) is 85.9 Å². The molecule has 3 heteroatoms. The van der Waals surface area contributed by atoms with Gasteiger partial charge in [0, 0.05) is 48.1 Å². The average Bonchev–Trinajstić information content (AvgIpc) is 3.64. The van der Waals surface area contributed by atoms with E-state index in [1.807, 2.05) is 11.3 Å². The minimum Gasteiger partial charge on any atom is -0.457 e. The second-order valence-corrected chi connectivity index (χ2v) is 16.7. The van der Waals surface area contributed by atoms with Crippen molar-refractivity contribution in [1.82, 2.24) is 0 Å². The number of anilines is 3. The van der Waals surface area contributed by atoms with Crippen molar-refractivity contribution in [2.24, 2.45) is 0 Å². The van der Waals surface area contributed by atoms with Crippen LogP contribution < -0.4 is 9.64 Å². The summed E-state index contributed by atoms with van der Waals surface area (Å²) < 4.78 is 9.28. The summed E-state index contributed by atoms with van der Waals surface area (Å²) in [5.74, 6) is 1.80. The first-order valence-electron chi connectivity index (χ1n) is 19.9. The third-order valence-corrected chi connectivity index (χ3v) is 13.8. The number of nitrogens with zero attached hydrogens (tertiary/aromatic N) is 1. The molecule has 0 radical (unpaired) electrons. The lowest BCUT2D eigenvalue weighted by molar-refractivity contribution is 0.435. The van der Waals surface area contributed by atoms with Gasteiger partial charge in [-0.25, -0.2) is 0 Å². The summed E-state index contributed by atoms with van der Waals surface area (Å²) >= 11 is 1.88. The Labute approximate surface area is 339 Å². The third-order valence-electron chi connectivity index (χ3n) is 12.7. The molecule has 0 N–H and O–H groups in total. The molecule has 13 rings (SSSR count). The molecule has 0 atom stereocenters. The normalized spacial score (nSPS) is 13.4. The summed E-state index contributed by atoms with van der Waals surface area (Å²) in [6, 6.07) is 73.9. The van der Waals surface area contributed by atoms with Gasteiger partial charge in [0.15, 0.2) is 0 Å². The Morgan fingerprint density at radius 1 is 0.379 bits per heavy atom. The van der Waals surface area contributed by atoms with Crippen LogP contribution in [0, 0.1) is 0 Å². The van der Waals surface area contributed by atoms with E-state index in [0.717, 1.165) is 28.6 Å². The summed E-state index contributed by atoms with van der Waals surface area (Å²) in [5, 5.41) is 10.1. The van der Waals surface area contributed by atoms with Crippen molar-refractivity contribution >= 4 is 80.9 Å². The van der Waals surface area contributed by atoms with E-state index in [0.29, 0.717) is 0 Å². The standard InChI is InChI=1S/C55H33NOS/c1-2-13-35-30-38(25-24-34(35)12-1)56(39-26-27-41-44-31-36-14-3-4-15-37(36)32-52(44)58-53(41)33-39)49-29-28-42-40-16-5-6-18-45(40)55(48-21-11-17-43(49)54(42)48)46-19-7-9-22-50(46)57-51-23-10-8-20-47(51)55/h1-33H. The second-order valence-electron chi connectivity index (χ2n) is 15.6. The molecule has 0 unspecified atom stereocenters. The predicted octanol–water partition coefficient (Wildman–Crippen LogP) is 15.5. The van der Waals surface area contributed by atoms with E-state index in [1.54, 1.807) is 0 Å². The number of rotatable bonds is 3. The monoisotopic (exact) mass is 755 g/mol. The second kappa shape index (κ2) is 11.9. The fraction of sp³-hybridized carbons (Fsp3) is 0.0182. The molecule has 0 fully saturated rings. The Bertz CT molecular complexity index is 3480. The lowest BCUT2D eigenvalue weighted by atomic mass is 9.58. The summed E-state index contributed by atoms with van der Waals surface area (Å²) in [5.41, 5.74) is 10.2. The van der Waals surface area contributed by atoms with Crippen LogP contribution in [0.4, 0.5) is 17.1 Å². The third kappa shape index (κ3) is 4.31. The number of para-hydroxylation sites is 2. The smallest absolute Gasteiger partial charge is 0.132 e. The van der Waals surface area contributed by atoms with Gasteiger partial charge < -0.3 is 9.64 Å². The highest BCUT2D eigenvalue weighted by Crippen LogP contribution is 2.62. The van der Waals surface area contributed by atoms with Crippen LogP contribution in [-0.2, 0) is 5.41 Å². The topological polar surface area (TPSA) is 12.5 Å². The molecule has 58 heavy (non-hydrogen) atoms. The number of fused-ring (bicyclic) bond motifs is 13. The average molecular weight is 756 g/mol. The fourth-order valence-corrected chi connectivity index (χ4v) is 11.4. The lowest BCUT2D eigenvalue weighted by Gasteiger charge is -2.45. The number of hydrogen-bond acceptors (Lipinski definition) is 3. The SMILES string of the molecule is c1ccc2c(c1)Oc1ccccc1C21c2ccccc2-c2ccc(N(c3ccc4ccccc4c3)c3ccc4c(c3)sc3cc5ccccc5cc34)c3cccc1c23. The van der Waals surface area contributed by atoms with Crippen molar-refractivity contribution in [1.29, 1.82) is 0 Å².